The number of ether oxygens (including phenoxy) is 2. The van der Waals surface area contributed by atoms with Gasteiger partial charge < -0.3 is 19.9 Å². The molecule has 0 saturated carbocycles. The molecule has 0 aliphatic carbocycles. The molecule has 2 aromatic carbocycles. The number of nitrogens with one attached hydrogen (secondary N) is 1. The number of carbonyl (C=O) groups excluding carboxylic acids is 1. The van der Waals surface area contributed by atoms with Crippen LogP contribution in [0.15, 0.2) is 54.6 Å². The molecule has 6 nitrogen and oxygen atoms in total. The molecule has 1 amide bonds. The van der Waals surface area contributed by atoms with E-state index in [1.807, 2.05) is 30.3 Å². The molecular weight excluding hydrogens is 334 g/mol. The first-order valence-corrected chi connectivity index (χ1v) is 8.49. The molecule has 26 heavy (non-hydrogen) atoms. The van der Waals surface area contributed by atoms with E-state index in [0.717, 1.165) is 5.56 Å². The van der Waals surface area contributed by atoms with Crippen LogP contribution < -0.4 is 5.32 Å². The Morgan fingerprint density at radius 1 is 1.08 bits per heavy atom. The van der Waals surface area contributed by atoms with Gasteiger partial charge in [0, 0.05) is 31.7 Å². The minimum absolute atomic E-state index is 0.119. The highest BCUT2D eigenvalue weighted by Gasteiger charge is 2.41. The number of hydrogen-bond acceptors (Lipinski definition) is 4. The summed E-state index contributed by atoms with van der Waals surface area (Å²) in [4.78, 5) is 24.1. The lowest BCUT2D eigenvalue weighted by Crippen LogP contribution is -2.49. The van der Waals surface area contributed by atoms with Gasteiger partial charge in [-0.25, -0.2) is 4.79 Å². The standard InChI is InChI=1S/C20H21NO5/c22-18(23)16-7-4-8-17(13-16)21-19(24)20(9-11-25-12-10-20)26-14-15-5-2-1-3-6-15/h1-8,13H,9-12,14H2,(H,21,24)(H,22,23). The highest BCUT2D eigenvalue weighted by atomic mass is 16.5. The largest absolute Gasteiger partial charge is 0.478 e. The number of benzene rings is 2. The van der Waals surface area contributed by atoms with Crippen molar-refractivity contribution in [2.24, 2.45) is 0 Å². The van der Waals surface area contributed by atoms with Gasteiger partial charge in [-0.15, -0.1) is 0 Å². The van der Waals surface area contributed by atoms with Gasteiger partial charge in [-0.05, 0) is 23.8 Å². The Bertz CT molecular complexity index is 769. The summed E-state index contributed by atoms with van der Waals surface area (Å²) < 4.78 is 11.5. The Morgan fingerprint density at radius 3 is 2.50 bits per heavy atom. The number of anilines is 1. The first-order chi connectivity index (χ1) is 12.6. The fourth-order valence-electron chi connectivity index (χ4n) is 2.91. The lowest BCUT2D eigenvalue weighted by Gasteiger charge is -2.35. The van der Waals surface area contributed by atoms with Crippen molar-refractivity contribution in [2.75, 3.05) is 18.5 Å². The smallest absolute Gasteiger partial charge is 0.335 e. The van der Waals surface area contributed by atoms with Crippen LogP contribution in [0.5, 0.6) is 0 Å². The van der Waals surface area contributed by atoms with E-state index in [1.165, 1.54) is 12.1 Å². The van der Waals surface area contributed by atoms with E-state index in [0.29, 0.717) is 38.3 Å². The van der Waals surface area contributed by atoms with E-state index in [1.54, 1.807) is 12.1 Å². The summed E-state index contributed by atoms with van der Waals surface area (Å²) in [6, 6.07) is 15.8. The normalized spacial score (nSPS) is 16.0. The van der Waals surface area contributed by atoms with Crippen molar-refractivity contribution >= 4 is 17.6 Å². The molecule has 0 atom stereocenters. The average molecular weight is 355 g/mol. The third-order valence-electron chi connectivity index (χ3n) is 4.44. The van der Waals surface area contributed by atoms with Gasteiger partial charge in [0.1, 0.15) is 0 Å². The van der Waals surface area contributed by atoms with Gasteiger partial charge in [0.25, 0.3) is 5.91 Å². The second-order valence-electron chi connectivity index (χ2n) is 6.22. The van der Waals surface area contributed by atoms with Gasteiger partial charge in [0.15, 0.2) is 5.60 Å². The van der Waals surface area contributed by atoms with E-state index in [9.17, 15) is 9.59 Å². The molecule has 136 valence electrons. The fraction of sp³-hybridized carbons (Fsp3) is 0.300. The Kier molecular flexibility index (Phi) is 5.65. The summed E-state index contributed by atoms with van der Waals surface area (Å²) >= 11 is 0. The predicted molar refractivity (Wildman–Crippen MR) is 96.0 cm³/mol. The number of rotatable bonds is 6. The SMILES string of the molecule is O=C(O)c1cccc(NC(=O)C2(OCc3ccccc3)CCOCC2)c1. The second-order valence-corrected chi connectivity index (χ2v) is 6.22. The maximum atomic E-state index is 13.0. The summed E-state index contributed by atoms with van der Waals surface area (Å²) in [6.07, 6.45) is 0.897. The summed E-state index contributed by atoms with van der Waals surface area (Å²) in [5.74, 6) is -1.32. The molecule has 1 aliphatic heterocycles. The van der Waals surface area contributed by atoms with Gasteiger partial charge in [-0.3, -0.25) is 4.79 Å². The van der Waals surface area contributed by atoms with Gasteiger partial charge in [-0.2, -0.15) is 0 Å². The number of carboxylic acids is 1. The summed E-state index contributed by atoms with van der Waals surface area (Å²) in [5, 5.41) is 11.9. The van der Waals surface area contributed by atoms with Crippen LogP contribution in [-0.4, -0.2) is 35.8 Å². The monoisotopic (exact) mass is 355 g/mol. The van der Waals surface area contributed by atoms with E-state index in [-0.39, 0.29) is 11.5 Å². The van der Waals surface area contributed by atoms with Crippen molar-refractivity contribution in [3.8, 4) is 0 Å². The molecule has 1 fully saturated rings. The molecule has 0 aromatic heterocycles. The van der Waals surface area contributed by atoms with E-state index < -0.39 is 11.6 Å². The molecule has 3 rings (SSSR count). The highest BCUT2D eigenvalue weighted by molar-refractivity contribution is 5.98. The van der Waals surface area contributed by atoms with Crippen LogP contribution in [0.3, 0.4) is 0 Å². The van der Waals surface area contributed by atoms with Crippen LogP contribution in [0.25, 0.3) is 0 Å². The molecule has 2 N–H and O–H groups in total. The Morgan fingerprint density at radius 2 is 1.81 bits per heavy atom. The van der Waals surface area contributed by atoms with E-state index >= 15 is 0 Å². The van der Waals surface area contributed by atoms with Crippen molar-refractivity contribution < 1.29 is 24.2 Å². The molecule has 0 bridgehead atoms. The zero-order chi connectivity index (χ0) is 18.4. The maximum Gasteiger partial charge on any atom is 0.335 e. The molecule has 6 heteroatoms. The third kappa shape index (κ3) is 4.28. The fourth-order valence-corrected chi connectivity index (χ4v) is 2.91. The highest BCUT2D eigenvalue weighted by Crippen LogP contribution is 2.28. The van der Waals surface area contributed by atoms with Crippen molar-refractivity contribution in [2.45, 2.75) is 25.0 Å². The Labute approximate surface area is 151 Å². The zero-order valence-corrected chi connectivity index (χ0v) is 14.3. The van der Waals surface area contributed by atoms with Crippen molar-refractivity contribution in [3.63, 3.8) is 0 Å². The number of aromatic carboxylic acids is 1. The van der Waals surface area contributed by atoms with Crippen LogP contribution in [-0.2, 0) is 20.9 Å². The first kappa shape index (κ1) is 18.1. The van der Waals surface area contributed by atoms with Crippen LogP contribution in [0.1, 0.15) is 28.8 Å². The molecule has 0 unspecified atom stereocenters. The summed E-state index contributed by atoms with van der Waals surface area (Å²) in [5.41, 5.74) is 0.546. The van der Waals surface area contributed by atoms with Gasteiger partial charge in [0.05, 0.1) is 12.2 Å². The van der Waals surface area contributed by atoms with Crippen molar-refractivity contribution in [1.29, 1.82) is 0 Å². The van der Waals surface area contributed by atoms with E-state index in [4.69, 9.17) is 14.6 Å². The molecule has 1 aliphatic rings. The molecule has 1 saturated heterocycles. The molecule has 0 spiro atoms. The summed E-state index contributed by atoms with van der Waals surface area (Å²) in [6.45, 7) is 1.21. The number of carboxylic acid groups (broad SMARTS) is 1. The third-order valence-corrected chi connectivity index (χ3v) is 4.44. The minimum atomic E-state index is -1.04. The first-order valence-electron chi connectivity index (χ1n) is 8.49. The van der Waals surface area contributed by atoms with Crippen molar-refractivity contribution in [3.05, 3.63) is 65.7 Å². The minimum Gasteiger partial charge on any atom is -0.478 e. The quantitative estimate of drug-likeness (QED) is 0.832. The topological polar surface area (TPSA) is 84.9 Å². The molecule has 0 radical (unpaired) electrons. The van der Waals surface area contributed by atoms with Gasteiger partial charge >= 0.3 is 5.97 Å². The lowest BCUT2D eigenvalue weighted by atomic mass is 9.92. The second kappa shape index (κ2) is 8.12. The molecule has 1 heterocycles. The van der Waals surface area contributed by atoms with Gasteiger partial charge in [-0.1, -0.05) is 36.4 Å². The van der Waals surface area contributed by atoms with Crippen LogP contribution >= 0.6 is 0 Å². The van der Waals surface area contributed by atoms with Crippen LogP contribution in [0, 0.1) is 0 Å². The molecule has 2 aromatic rings. The number of amides is 1. The van der Waals surface area contributed by atoms with E-state index in [2.05, 4.69) is 5.32 Å². The van der Waals surface area contributed by atoms with Gasteiger partial charge in [0.2, 0.25) is 0 Å². The zero-order valence-electron chi connectivity index (χ0n) is 14.3. The number of hydrogen-bond donors (Lipinski definition) is 2. The number of carbonyl (C=O) groups is 2. The Hall–Kier alpha value is -2.70. The molecular formula is C20H21NO5. The van der Waals surface area contributed by atoms with Crippen LogP contribution in [0.2, 0.25) is 0 Å². The Balaban J connectivity index is 1.75. The average Bonchev–Trinajstić information content (AvgIpc) is 2.68. The van der Waals surface area contributed by atoms with Crippen molar-refractivity contribution in [1.82, 2.24) is 0 Å². The van der Waals surface area contributed by atoms with Crippen LogP contribution in [0.4, 0.5) is 5.69 Å². The maximum absolute atomic E-state index is 13.0. The predicted octanol–water partition coefficient (Wildman–Crippen LogP) is 3.09. The summed E-state index contributed by atoms with van der Waals surface area (Å²) in [7, 11) is 0. The lowest BCUT2D eigenvalue weighted by molar-refractivity contribution is -0.158.